The van der Waals surface area contributed by atoms with Crippen LogP contribution < -0.4 is 0 Å². The predicted molar refractivity (Wildman–Crippen MR) is 214 cm³/mol. The van der Waals surface area contributed by atoms with Crippen molar-refractivity contribution in [3.63, 3.8) is 0 Å². The number of allylic oxidation sites excluding steroid dienone is 16. The molecule has 5 nitrogen and oxygen atoms in total. The molecule has 0 aliphatic heterocycles. The zero-order valence-corrected chi connectivity index (χ0v) is 32.1. The molecule has 282 valence electrons. The van der Waals surface area contributed by atoms with E-state index in [2.05, 4.69) is 112 Å². The Morgan fingerprint density at radius 1 is 0.460 bits per heavy atom. The average molecular weight is 693 g/mol. The summed E-state index contributed by atoms with van der Waals surface area (Å²) >= 11 is 0. The van der Waals surface area contributed by atoms with Crippen LogP contribution in [0.4, 0.5) is 0 Å². The highest BCUT2D eigenvalue weighted by atomic mass is 16.6. The smallest absolute Gasteiger partial charge is 0.306 e. The average Bonchev–Trinajstić information content (AvgIpc) is 3.11. The molecular formula is C45H72O5. The molecule has 0 radical (unpaired) electrons. The van der Waals surface area contributed by atoms with Crippen LogP contribution in [-0.4, -0.2) is 37.9 Å². The molecule has 1 atom stereocenters. The van der Waals surface area contributed by atoms with Crippen molar-refractivity contribution in [2.24, 2.45) is 0 Å². The molecule has 0 spiro atoms. The first-order valence-corrected chi connectivity index (χ1v) is 19.8. The van der Waals surface area contributed by atoms with Gasteiger partial charge in [0.1, 0.15) is 6.61 Å². The summed E-state index contributed by atoms with van der Waals surface area (Å²) in [5.41, 5.74) is 0. The zero-order chi connectivity index (χ0) is 36.4. The summed E-state index contributed by atoms with van der Waals surface area (Å²) in [7, 11) is 0. The third-order valence-corrected chi connectivity index (χ3v) is 7.63. The van der Waals surface area contributed by atoms with Crippen molar-refractivity contribution in [3.05, 3.63) is 97.2 Å². The second-order valence-corrected chi connectivity index (χ2v) is 12.4. The van der Waals surface area contributed by atoms with Gasteiger partial charge in [0.25, 0.3) is 0 Å². The molecule has 0 heterocycles. The van der Waals surface area contributed by atoms with Crippen molar-refractivity contribution < 1.29 is 23.8 Å². The Labute approximate surface area is 307 Å². The lowest BCUT2D eigenvalue weighted by atomic mass is 10.1. The van der Waals surface area contributed by atoms with Crippen LogP contribution >= 0.6 is 0 Å². The fourth-order valence-electron chi connectivity index (χ4n) is 4.76. The summed E-state index contributed by atoms with van der Waals surface area (Å²) in [6.45, 7) is 7.30. The lowest BCUT2D eigenvalue weighted by Gasteiger charge is -2.18. The van der Waals surface area contributed by atoms with Crippen LogP contribution in [0.5, 0.6) is 0 Å². The summed E-state index contributed by atoms with van der Waals surface area (Å²) < 4.78 is 17.0. The monoisotopic (exact) mass is 693 g/mol. The molecule has 0 saturated carbocycles. The van der Waals surface area contributed by atoms with Gasteiger partial charge in [-0.15, -0.1) is 0 Å². The van der Waals surface area contributed by atoms with Gasteiger partial charge in [0.15, 0.2) is 6.10 Å². The van der Waals surface area contributed by atoms with Gasteiger partial charge in [-0.25, -0.2) is 0 Å². The minimum absolute atomic E-state index is 0.0205. The molecule has 0 aromatic rings. The van der Waals surface area contributed by atoms with Crippen LogP contribution in [0.2, 0.25) is 0 Å². The first-order valence-electron chi connectivity index (χ1n) is 19.8. The Morgan fingerprint density at radius 3 is 1.44 bits per heavy atom. The Bertz CT molecular complexity index is 1010. The maximum Gasteiger partial charge on any atom is 0.306 e. The summed E-state index contributed by atoms with van der Waals surface area (Å²) in [4.78, 5) is 24.9. The Kier molecular flexibility index (Phi) is 37.7. The molecule has 0 aliphatic rings. The highest BCUT2D eigenvalue weighted by molar-refractivity contribution is 5.70. The topological polar surface area (TPSA) is 61.8 Å². The molecule has 0 fully saturated rings. The Balaban J connectivity index is 4.42. The third kappa shape index (κ3) is 37.6. The summed E-state index contributed by atoms with van der Waals surface area (Å²) in [5.74, 6) is -0.539. The first-order chi connectivity index (χ1) is 24.6. The fraction of sp³-hybridized carbons (Fsp3) is 0.600. The van der Waals surface area contributed by atoms with Crippen LogP contribution in [-0.2, 0) is 23.8 Å². The normalized spacial score (nSPS) is 13.3. The van der Waals surface area contributed by atoms with Gasteiger partial charge in [0, 0.05) is 19.4 Å². The molecule has 1 unspecified atom stereocenters. The summed E-state index contributed by atoms with van der Waals surface area (Å²) in [5, 5.41) is 0. The number of rotatable bonds is 34. The zero-order valence-electron chi connectivity index (χ0n) is 32.1. The van der Waals surface area contributed by atoms with Crippen LogP contribution in [0, 0.1) is 0 Å². The number of ether oxygens (including phenoxy) is 3. The van der Waals surface area contributed by atoms with Crippen molar-refractivity contribution in [1.82, 2.24) is 0 Å². The van der Waals surface area contributed by atoms with Gasteiger partial charge in [-0.3, -0.25) is 9.59 Å². The van der Waals surface area contributed by atoms with E-state index in [-0.39, 0.29) is 25.2 Å². The molecule has 0 aliphatic carbocycles. The van der Waals surface area contributed by atoms with Gasteiger partial charge in [-0.05, 0) is 77.0 Å². The Hall–Kier alpha value is -3.18. The van der Waals surface area contributed by atoms with Gasteiger partial charge >= 0.3 is 11.9 Å². The van der Waals surface area contributed by atoms with E-state index in [1.165, 1.54) is 25.7 Å². The molecule has 0 amide bonds. The van der Waals surface area contributed by atoms with Gasteiger partial charge in [-0.1, -0.05) is 157 Å². The molecular weight excluding hydrogens is 620 g/mol. The first kappa shape index (κ1) is 46.8. The SMILES string of the molecule is CC/C=C\C/C=C\C/C=C\C/C=C\CCCOCC(COC(=O)CC/C=C\C/C=C\C/C=C\C/C=C\CC)OC(=O)CCCCCCCCC. The summed E-state index contributed by atoms with van der Waals surface area (Å²) in [6.07, 6.45) is 52.9. The quantitative estimate of drug-likeness (QED) is 0.0382. The maximum absolute atomic E-state index is 12.6. The molecule has 0 N–H and O–H groups in total. The Morgan fingerprint density at radius 2 is 0.920 bits per heavy atom. The van der Waals surface area contributed by atoms with Crippen LogP contribution in [0.3, 0.4) is 0 Å². The minimum Gasteiger partial charge on any atom is -0.462 e. The van der Waals surface area contributed by atoms with Crippen LogP contribution in [0.15, 0.2) is 97.2 Å². The molecule has 0 aromatic carbocycles. The largest absolute Gasteiger partial charge is 0.462 e. The van der Waals surface area contributed by atoms with Gasteiger partial charge in [0.05, 0.1) is 6.61 Å². The van der Waals surface area contributed by atoms with Crippen LogP contribution in [0.25, 0.3) is 0 Å². The number of hydrogen-bond donors (Lipinski definition) is 0. The maximum atomic E-state index is 12.6. The minimum atomic E-state index is -0.592. The highest BCUT2D eigenvalue weighted by Crippen LogP contribution is 2.10. The second-order valence-electron chi connectivity index (χ2n) is 12.4. The lowest BCUT2D eigenvalue weighted by Crippen LogP contribution is -2.30. The van der Waals surface area contributed by atoms with Crippen molar-refractivity contribution in [1.29, 1.82) is 0 Å². The van der Waals surface area contributed by atoms with Crippen LogP contribution in [0.1, 0.15) is 149 Å². The number of carbonyl (C=O) groups excluding carboxylic acids is 2. The van der Waals surface area contributed by atoms with E-state index in [9.17, 15) is 9.59 Å². The molecule has 5 heteroatoms. The molecule has 0 bridgehead atoms. The van der Waals surface area contributed by atoms with E-state index in [0.717, 1.165) is 83.5 Å². The molecule has 0 rings (SSSR count). The van der Waals surface area contributed by atoms with Gasteiger partial charge < -0.3 is 14.2 Å². The number of esters is 2. The van der Waals surface area contributed by atoms with E-state index in [4.69, 9.17) is 14.2 Å². The van der Waals surface area contributed by atoms with E-state index in [1.807, 2.05) is 6.08 Å². The highest BCUT2D eigenvalue weighted by Gasteiger charge is 2.17. The van der Waals surface area contributed by atoms with E-state index in [1.54, 1.807) is 0 Å². The van der Waals surface area contributed by atoms with Crippen molar-refractivity contribution in [3.8, 4) is 0 Å². The van der Waals surface area contributed by atoms with E-state index >= 15 is 0 Å². The van der Waals surface area contributed by atoms with Crippen molar-refractivity contribution >= 4 is 11.9 Å². The molecule has 0 aromatic heterocycles. The van der Waals surface area contributed by atoms with Crippen molar-refractivity contribution in [2.45, 2.75) is 155 Å². The van der Waals surface area contributed by atoms with Crippen molar-refractivity contribution in [2.75, 3.05) is 19.8 Å². The third-order valence-electron chi connectivity index (χ3n) is 7.63. The van der Waals surface area contributed by atoms with Gasteiger partial charge in [-0.2, -0.15) is 0 Å². The number of carbonyl (C=O) groups is 2. The van der Waals surface area contributed by atoms with E-state index < -0.39 is 6.10 Å². The molecule has 50 heavy (non-hydrogen) atoms. The summed E-state index contributed by atoms with van der Waals surface area (Å²) in [6, 6.07) is 0. The predicted octanol–water partition coefficient (Wildman–Crippen LogP) is 12.8. The van der Waals surface area contributed by atoms with Gasteiger partial charge in [0.2, 0.25) is 0 Å². The molecule has 0 saturated heterocycles. The number of hydrogen-bond acceptors (Lipinski definition) is 5. The number of unbranched alkanes of at least 4 members (excludes halogenated alkanes) is 7. The standard InChI is InChI=1S/C45H72O5/c1-4-7-10-13-16-18-20-22-24-26-28-31-34-37-40-48-41-43(50-45(47)39-36-33-29-15-12-9-6-3)42-49-44(46)38-35-32-30-27-25-23-21-19-17-14-11-8-5-2/h7-8,10-11,16-19,22-25,28,30-32,43H,4-6,9,12-15,20-21,26-27,29,33-42H2,1-3H3/b10-7-,11-8-,18-16-,19-17-,24-22-,25-23-,31-28-,32-30-. The second kappa shape index (κ2) is 40.3. The fourth-order valence-corrected chi connectivity index (χ4v) is 4.76. The van der Waals surface area contributed by atoms with E-state index in [0.29, 0.717) is 25.9 Å². The lowest BCUT2D eigenvalue weighted by molar-refractivity contribution is -0.162.